The van der Waals surface area contributed by atoms with Crippen molar-refractivity contribution in [2.24, 2.45) is 0 Å². The number of rotatable bonds is 9. The Morgan fingerprint density at radius 3 is 2.31 bits per heavy atom. The van der Waals surface area contributed by atoms with Crippen LogP contribution in [0.5, 0.6) is 0 Å². The van der Waals surface area contributed by atoms with Crippen molar-refractivity contribution in [1.82, 2.24) is 5.32 Å². The third kappa shape index (κ3) is 8.66. The average molecular weight is 449 g/mol. The summed E-state index contributed by atoms with van der Waals surface area (Å²) in [5.74, 6) is -2.09. The Labute approximate surface area is 184 Å². The van der Waals surface area contributed by atoms with Crippen molar-refractivity contribution in [2.45, 2.75) is 65.4 Å². The maximum Gasteiger partial charge on any atom is 0.519 e. The molecule has 2 rings (SSSR count). The molecular formula is C22H27NO9. The number of benzene rings is 1. The summed E-state index contributed by atoms with van der Waals surface area (Å²) < 4.78 is 25.0. The highest BCUT2D eigenvalue weighted by Crippen LogP contribution is 2.12. The summed E-state index contributed by atoms with van der Waals surface area (Å²) >= 11 is 0. The van der Waals surface area contributed by atoms with Crippen LogP contribution in [0.1, 0.15) is 50.7 Å². The van der Waals surface area contributed by atoms with E-state index >= 15 is 0 Å². The molecule has 0 aliphatic heterocycles. The molecule has 1 N–H and O–H groups in total. The molecule has 1 heterocycles. The fourth-order valence-electron chi connectivity index (χ4n) is 2.51. The zero-order chi connectivity index (χ0) is 23.7. The van der Waals surface area contributed by atoms with Gasteiger partial charge in [0.15, 0.2) is 18.1 Å². The molecular weight excluding hydrogens is 422 g/mol. The van der Waals surface area contributed by atoms with E-state index in [0.29, 0.717) is 0 Å². The van der Waals surface area contributed by atoms with E-state index in [1.165, 1.54) is 6.92 Å². The first kappa shape index (κ1) is 24.7. The van der Waals surface area contributed by atoms with Gasteiger partial charge in [0.2, 0.25) is 0 Å². The van der Waals surface area contributed by atoms with E-state index in [9.17, 15) is 19.2 Å². The standard InChI is InChI=1S/C22H27NO9/c1-14-17(31-21(27)30-14)13-29-19(25)16(23-20(26)32-22(2,3)4)10-11-18(24)28-12-15-8-6-5-7-9-15/h5-9,16H,10-13H2,1-4H3,(H,23,26). The van der Waals surface area contributed by atoms with Gasteiger partial charge in [0.05, 0.1) is 0 Å². The predicted molar refractivity (Wildman–Crippen MR) is 110 cm³/mol. The summed E-state index contributed by atoms with van der Waals surface area (Å²) in [5.41, 5.74) is 0.0328. The fraction of sp³-hybridized carbons (Fsp3) is 0.455. The third-order valence-electron chi connectivity index (χ3n) is 4.04. The topological polar surface area (TPSA) is 134 Å². The minimum absolute atomic E-state index is 0.0432. The van der Waals surface area contributed by atoms with E-state index in [2.05, 4.69) is 5.32 Å². The summed E-state index contributed by atoms with van der Waals surface area (Å²) in [7, 11) is 0. The first-order valence-electron chi connectivity index (χ1n) is 9.98. The molecule has 0 bridgehead atoms. The number of ether oxygens (including phenoxy) is 3. The smallest absolute Gasteiger partial charge is 0.461 e. The molecule has 2 aromatic rings. The summed E-state index contributed by atoms with van der Waals surface area (Å²) in [6, 6.07) is 7.93. The number of amides is 1. The van der Waals surface area contributed by atoms with Gasteiger partial charge in [0.1, 0.15) is 18.2 Å². The molecule has 0 fully saturated rings. The maximum atomic E-state index is 12.5. The third-order valence-corrected chi connectivity index (χ3v) is 4.04. The Bertz CT molecular complexity index is 969. The van der Waals surface area contributed by atoms with Crippen molar-refractivity contribution < 1.29 is 37.4 Å². The summed E-state index contributed by atoms with van der Waals surface area (Å²) in [6.45, 7) is 6.21. The number of carbonyl (C=O) groups excluding carboxylic acids is 3. The molecule has 0 radical (unpaired) electrons. The van der Waals surface area contributed by atoms with E-state index in [4.69, 9.17) is 23.0 Å². The lowest BCUT2D eigenvalue weighted by molar-refractivity contribution is -0.149. The van der Waals surface area contributed by atoms with Crippen molar-refractivity contribution >= 4 is 18.0 Å². The first-order valence-corrected chi connectivity index (χ1v) is 9.98. The molecule has 0 saturated carbocycles. The van der Waals surface area contributed by atoms with Crippen molar-refractivity contribution in [3.05, 3.63) is 58.0 Å². The van der Waals surface area contributed by atoms with Gasteiger partial charge >= 0.3 is 23.9 Å². The van der Waals surface area contributed by atoms with Crippen molar-refractivity contribution in [2.75, 3.05) is 0 Å². The second-order valence-electron chi connectivity index (χ2n) is 7.92. The number of hydrogen-bond acceptors (Lipinski definition) is 9. The van der Waals surface area contributed by atoms with Crippen LogP contribution in [-0.4, -0.2) is 29.7 Å². The maximum absolute atomic E-state index is 12.5. The van der Waals surface area contributed by atoms with E-state index in [0.717, 1.165) is 5.56 Å². The number of alkyl carbamates (subject to hydrolysis) is 1. The number of nitrogens with one attached hydrogen (secondary N) is 1. The summed E-state index contributed by atoms with van der Waals surface area (Å²) in [6.07, 6.45) is -1.08. The molecule has 0 aliphatic rings. The lowest BCUT2D eigenvalue weighted by atomic mass is 10.1. The second-order valence-corrected chi connectivity index (χ2v) is 7.92. The van der Waals surface area contributed by atoms with Crippen molar-refractivity contribution in [1.29, 1.82) is 0 Å². The zero-order valence-corrected chi connectivity index (χ0v) is 18.5. The van der Waals surface area contributed by atoms with Gasteiger partial charge in [0, 0.05) is 6.42 Å². The molecule has 0 saturated heterocycles. The predicted octanol–water partition coefficient (Wildman–Crippen LogP) is 3.00. The van der Waals surface area contributed by atoms with Gasteiger partial charge in [-0.25, -0.2) is 14.4 Å². The van der Waals surface area contributed by atoms with Gasteiger partial charge in [-0.3, -0.25) is 4.79 Å². The van der Waals surface area contributed by atoms with Gasteiger partial charge in [-0.1, -0.05) is 30.3 Å². The van der Waals surface area contributed by atoms with Crippen LogP contribution in [0.3, 0.4) is 0 Å². The van der Waals surface area contributed by atoms with Crippen LogP contribution in [0.4, 0.5) is 4.79 Å². The van der Waals surface area contributed by atoms with Gasteiger partial charge in [-0.05, 0) is 39.7 Å². The summed E-state index contributed by atoms with van der Waals surface area (Å²) in [5, 5.41) is 2.40. The monoisotopic (exact) mass is 449 g/mol. The van der Waals surface area contributed by atoms with Gasteiger partial charge < -0.3 is 28.4 Å². The van der Waals surface area contributed by atoms with Crippen LogP contribution in [0.25, 0.3) is 0 Å². The lowest BCUT2D eigenvalue weighted by Crippen LogP contribution is -2.44. The van der Waals surface area contributed by atoms with Gasteiger partial charge in [0.25, 0.3) is 0 Å². The zero-order valence-electron chi connectivity index (χ0n) is 18.5. The van der Waals surface area contributed by atoms with E-state index in [1.54, 1.807) is 20.8 Å². The quantitative estimate of drug-likeness (QED) is 0.453. The molecule has 1 atom stereocenters. The van der Waals surface area contributed by atoms with Crippen LogP contribution in [0, 0.1) is 6.92 Å². The molecule has 1 aromatic heterocycles. The van der Waals surface area contributed by atoms with Crippen LogP contribution in [-0.2, 0) is 37.0 Å². The van der Waals surface area contributed by atoms with Crippen LogP contribution < -0.4 is 11.1 Å². The lowest BCUT2D eigenvalue weighted by Gasteiger charge is -2.22. The van der Waals surface area contributed by atoms with E-state index in [-0.39, 0.29) is 37.6 Å². The minimum Gasteiger partial charge on any atom is -0.461 e. The van der Waals surface area contributed by atoms with E-state index < -0.39 is 35.5 Å². The van der Waals surface area contributed by atoms with Crippen molar-refractivity contribution in [3.8, 4) is 0 Å². The average Bonchev–Trinajstić information content (AvgIpc) is 3.04. The molecule has 10 nitrogen and oxygen atoms in total. The molecule has 1 unspecified atom stereocenters. The SMILES string of the molecule is Cc1oc(=O)oc1COC(=O)C(CCC(=O)OCc1ccccc1)NC(=O)OC(C)(C)C. The van der Waals surface area contributed by atoms with Gasteiger partial charge in [-0.2, -0.15) is 0 Å². The Kier molecular flexibility index (Phi) is 8.62. The second kappa shape index (κ2) is 11.2. The molecule has 1 aromatic carbocycles. The Morgan fingerprint density at radius 1 is 1.03 bits per heavy atom. The van der Waals surface area contributed by atoms with Gasteiger partial charge in [-0.15, -0.1) is 0 Å². The fourth-order valence-corrected chi connectivity index (χ4v) is 2.51. The minimum atomic E-state index is -1.19. The number of esters is 2. The highest BCUT2D eigenvalue weighted by atomic mass is 16.6. The molecule has 32 heavy (non-hydrogen) atoms. The number of hydrogen-bond donors (Lipinski definition) is 1. The van der Waals surface area contributed by atoms with Crippen LogP contribution in [0.15, 0.2) is 44.0 Å². The Hall–Kier alpha value is -3.56. The molecule has 174 valence electrons. The molecule has 0 aliphatic carbocycles. The largest absolute Gasteiger partial charge is 0.519 e. The van der Waals surface area contributed by atoms with E-state index in [1.807, 2.05) is 30.3 Å². The summed E-state index contributed by atoms with van der Waals surface area (Å²) in [4.78, 5) is 47.9. The molecule has 10 heteroatoms. The number of carbonyl (C=O) groups is 3. The molecule has 0 spiro atoms. The first-order chi connectivity index (χ1) is 15.0. The number of aryl methyl sites for hydroxylation is 1. The highest BCUT2D eigenvalue weighted by molar-refractivity contribution is 5.82. The van der Waals surface area contributed by atoms with Crippen LogP contribution in [0.2, 0.25) is 0 Å². The highest BCUT2D eigenvalue weighted by Gasteiger charge is 2.27. The normalized spacial score (nSPS) is 12.0. The Balaban J connectivity index is 1.95. The molecule has 1 amide bonds. The van der Waals surface area contributed by atoms with Crippen LogP contribution >= 0.6 is 0 Å². The Morgan fingerprint density at radius 2 is 1.72 bits per heavy atom. The van der Waals surface area contributed by atoms with Crippen molar-refractivity contribution in [3.63, 3.8) is 0 Å².